The van der Waals surface area contributed by atoms with E-state index in [0.717, 1.165) is 0 Å². The number of carbonyl (C=O) groups is 1. The van der Waals surface area contributed by atoms with Gasteiger partial charge in [0.1, 0.15) is 18.0 Å². The van der Waals surface area contributed by atoms with Crippen molar-refractivity contribution in [1.82, 2.24) is 0 Å². The Balaban J connectivity index is 2.28. The molecule has 0 radical (unpaired) electrons. The maximum absolute atomic E-state index is 13.0. The Bertz CT molecular complexity index is 673. The van der Waals surface area contributed by atoms with Crippen LogP contribution in [0.1, 0.15) is 15.9 Å². The van der Waals surface area contributed by atoms with Crippen molar-refractivity contribution in [3.8, 4) is 11.5 Å². The van der Waals surface area contributed by atoms with E-state index in [0.29, 0.717) is 15.8 Å². The minimum Gasteiger partial charge on any atom is -0.493 e. The predicted molar refractivity (Wildman–Crippen MR) is 78.4 cm³/mol. The Labute approximate surface area is 129 Å². The lowest BCUT2D eigenvalue weighted by molar-refractivity contribution is 0.0691. The molecule has 0 heterocycles. The van der Waals surface area contributed by atoms with Crippen molar-refractivity contribution in [2.75, 3.05) is 7.11 Å². The first kappa shape index (κ1) is 15.3. The molecule has 0 bridgehead atoms. The van der Waals surface area contributed by atoms with Crippen molar-refractivity contribution >= 4 is 21.9 Å². The zero-order valence-electron chi connectivity index (χ0n) is 11.1. The van der Waals surface area contributed by atoms with E-state index in [-0.39, 0.29) is 23.7 Å². The zero-order chi connectivity index (χ0) is 15.4. The topological polar surface area (TPSA) is 55.8 Å². The summed E-state index contributed by atoms with van der Waals surface area (Å²) in [6, 6.07) is 8.81. The summed E-state index contributed by atoms with van der Waals surface area (Å²) in [4.78, 5) is 11.2. The number of rotatable bonds is 5. The first-order chi connectivity index (χ1) is 10.0. The maximum Gasteiger partial charge on any atom is 0.339 e. The summed E-state index contributed by atoms with van der Waals surface area (Å²) >= 11 is 3.24. The number of hydrogen-bond acceptors (Lipinski definition) is 3. The Morgan fingerprint density at radius 2 is 2.10 bits per heavy atom. The SMILES string of the molecule is COc1cccc(C(=O)O)c1OCc1ccc(F)cc1Br. The van der Waals surface area contributed by atoms with Crippen LogP contribution in [0.5, 0.6) is 11.5 Å². The quantitative estimate of drug-likeness (QED) is 0.885. The van der Waals surface area contributed by atoms with Gasteiger partial charge in [-0.15, -0.1) is 0 Å². The molecule has 21 heavy (non-hydrogen) atoms. The van der Waals surface area contributed by atoms with Gasteiger partial charge in [0, 0.05) is 10.0 Å². The van der Waals surface area contributed by atoms with Crippen LogP contribution in [-0.2, 0) is 6.61 Å². The van der Waals surface area contributed by atoms with Crippen LogP contribution < -0.4 is 9.47 Å². The van der Waals surface area contributed by atoms with E-state index < -0.39 is 5.97 Å². The summed E-state index contributed by atoms with van der Waals surface area (Å²) in [6.07, 6.45) is 0. The Morgan fingerprint density at radius 3 is 2.71 bits per heavy atom. The average molecular weight is 355 g/mol. The first-order valence-corrected chi connectivity index (χ1v) is 6.79. The van der Waals surface area contributed by atoms with Gasteiger partial charge >= 0.3 is 5.97 Å². The summed E-state index contributed by atoms with van der Waals surface area (Å²) in [7, 11) is 1.43. The molecule has 0 saturated heterocycles. The fraction of sp³-hybridized carbons (Fsp3) is 0.133. The minimum atomic E-state index is -1.11. The van der Waals surface area contributed by atoms with E-state index in [4.69, 9.17) is 9.47 Å². The second-order valence-electron chi connectivity index (χ2n) is 4.17. The van der Waals surface area contributed by atoms with Gasteiger partial charge in [-0.1, -0.05) is 28.1 Å². The van der Waals surface area contributed by atoms with E-state index in [1.807, 2.05) is 0 Å². The molecule has 0 aromatic heterocycles. The molecule has 110 valence electrons. The predicted octanol–water partition coefficient (Wildman–Crippen LogP) is 3.87. The summed E-state index contributed by atoms with van der Waals surface area (Å²) < 4.78 is 24.3. The van der Waals surface area contributed by atoms with Crippen molar-refractivity contribution in [3.05, 3.63) is 57.8 Å². The molecule has 0 fully saturated rings. The molecule has 0 aliphatic heterocycles. The molecule has 2 rings (SSSR count). The third-order valence-electron chi connectivity index (χ3n) is 2.82. The smallest absolute Gasteiger partial charge is 0.339 e. The number of aromatic carboxylic acids is 1. The van der Waals surface area contributed by atoms with Gasteiger partial charge in [0.2, 0.25) is 0 Å². The van der Waals surface area contributed by atoms with Gasteiger partial charge in [-0.2, -0.15) is 0 Å². The number of hydrogen-bond donors (Lipinski definition) is 1. The van der Waals surface area contributed by atoms with Gasteiger partial charge in [-0.25, -0.2) is 9.18 Å². The van der Waals surface area contributed by atoms with Crippen LogP contribution in [0.2, 0.25) is 0 Å². The van der Waals surface area contributed by atoms with Crippen molar-refractivity contribution in [1.29, 1.82) is 0 Å². The number of methoxy groups -OCH3 is 1. The number of carboxylic acid groups (broad SMARTS) is 1. The third kappa shape index (κ3) is 3.52. The third-order valence-corrected chi connectivity index (χ3v) is 3.55. The summed E-state index contributed by atoms with van der Waals surface area (Å²) in [5, 5.41) is 9.18. The second kappa shape index (κ2) is 6.58. The number of para-hydroxylation sites is 1. The molecule has 0 saturated carbocycles. The molecule has 1 N–H and O–H groups in total. The number of benzene rings is 2. The van der Waals surface area contributed by atoms with Crippen LogP contribution in [0.4, 0.5) is 4.39 Å². The van der Waals surface area contributed by atoms with E-state index >= 15 is 0 Å². The second-order valence-corrected chi connectivity index (χ2v) is 5.02. The van der Waals surface area contributed by atoms with Crippen LogP contribution >= 0.6 is 15.9 Å². The monoisotopic (exact) mass is 354 g/mol. The molecule has 4 nitrogen and oxygen atoms in total. The first-order valence-electron chi connectivity index (χ1n) is 6.00. The average Bonchev–Trinajstić information content (AvgIpc) is 2.45. The lowest BCUT2D eigenvalue weighted by Gasteiger charge is -2.13. The van der Waals surface area contributed by atoms with E-state index in [1.54, 1.807) is 18.2 Å². The highest BCUT2D eigenvalue weighted by Crippen LogP contribution is 2.32. The molecular weight excluding hydrogens is 343 g/mol. The van der Waals surface area contributed by atoms with Crippen LogP contribution in [0, 0.1) is 5.82 Å². The fourth-order valence-corrected chi connectivity index (χ4v) is 2.25. The van der Waals surface area contributed by atoms with Crippen molar-refractivity contribution < 1.29 is 23.8 Å². The molecule has 0 aliphatic carbocycles. The molecule has 0 amide bonds. The lowest BCUT2D eigenvalue weighted by Crippen LogP contribution is -2.05. The number of halogens is 2. The molecule has 0 spiro atoms. The van der Waals surface area contributed by atoms with Gasteiger partial charge in [-0.05, 0) is 24.3 Å². The Kier molecular flexibility index (Phi) is 4.80. The van der Waals surface area contributed by atoms with Crippen LogP contribution in [0.25, 0.3) is 0 Å². The molecular formula is C15H12BrFO4. The summed E-state index contributed by atoms with van der Waals surface area (Å²) in [5.41, 5.74) is 0.700. The Hall–Kier alpha value is -2.08. The van der Waals surface area contributed by atoms with E-state index in [9.17, 15) is 14.3 Å². The normalized spacial score (nSPS) is 10.2. The largest absolute Gasteiger partial charge is 0.493 e. The minimum absolute atomic E-state index is 0.00702. The van der Waals surface area contributed by atoms with Gasteiger partial charge in [0.05, 0.1) is 7.11 Å². The van der Waals surface area contributed by atoms with Crippen molar-refractivity contribution in [3.63, 3.8) is 0 Å². The summed E-state index contributed by atoms with van der Waals surface area (Å²) in [5.74, 6) is -1.01. The van der Waals surface area contributed by atoms with Crippen LogP contribution in [-0.4, -0.2) is 18.2 Å². The molecule has 0 unspecified atom stereocenters. The summed E-state index contributed by atoms with van der Waals surface area (Å²) in [6.45, 7) is 0.0848. The van der Waals surface area contributed by atoms with Gasteiger partial charge in [-0.3, -0.25) is 0 Å². The zero-order valence-corrected chi connectivity index (χ0v) is 12.7. The molecule has 6 heteroatoms. The van der Waals surface area contributed by atoms with Gasteiger partial charge < -0.3 is 14.6 Å². The number of carboxylic acids is 1. The van der Waals surface area contributed by atoms with Gasteiger partial charge in [0.25, 0.3) is 0 Å². The fourth-order valence-electron chi connectivity index (χ4n) is 1.78. The molecule has 2 aromatic carbocycles. The van der Waals surface area contributed by atoms with E-state index in [1.165, 1.54) is 25.3 Å². The van der Waals surface area contributed by atoms with Crippen molar-refractivity contribution in [2.24, 2.45) is 0 Å². The number of ether oxygens (including phenoxy) is 2. The molecule has 0 aliphatic rings. The van der Waals surface area contributed by atoms with E-state index in [2.05, 4.69) is 15.9 Å². The van der Waals surface area contributed by atoms with Crippen LogP contribution in [0.3, 0.4) is 0 Å². The maximum atomic E-state index is 13.0. The highest BCUT2D eigenvalue weighted by Gasteiger charge is 2.16. The highest BCUT2D eigenvalue weighted by molar-refractivity contribution is 9.10. The van der Waals surface area contributed by atoms with Crippen LogP contribution in [0.15, 0.2) is 40.9 Å². The molecule has 0 atom stereocenters. The standard InChI is InChI=1S/C15H12BrFO4/c1-20-13-4-2-3-11(15(18)19)14(13)21-8-9-5-6-10(17)7-12(9)16/h2-7H,8H2,1H3,(H,18,19). The van der Waals surface area contributed by atoms with Crippen molar-refractivity contribution in [2.45, 2.75) is 6.61 Å². The van der Waals surface area contributed by atoms with Gasteiger partial charge in [0.15, 0.2) is 11.5 Å². The molecule has 2 aromatic rings. The lowest BCUT2D eigenvalue weighted by atomic mass is 10.2. The Morgan fingerprint density at radius 1 is 1.33 bits per heavy atom. The highest BCUT2D eigenvalue weighted by atomic mass is 79.9.